The van der Waals surface area contributed by atoms with Crippen LogP contribution < -0.4 is 14.9 Å². The lowest BCUT2D eigenvalue weighted by Gasteiger charge is -2.10. The van der Waals surface area contributed by atoms with Gasteiger partial charge in [0.05, 0.1) is 13.7 Å². The molecule has 0 heterocycles. The summed E-state index contributed by atoms with van der Waals surface area (Å²) in [6.07, 6.45) is 0.799. The molecular formula is C16H19BO4. The van der Waals surface area contributed by atoms with Crippen molar-refractivity contribution in [1.29, 1.82) is 0 Å². The summed E-state index contributed by atoms with van der Waals surface area (Å²) in [5, 5.41) is 18.3. The molecule has 0 aliphatic heterocycles. The highest BCUT2D eigenvalue weighted by molar-refractivity contribution is 6.59. The Balaban J connectivity index is 1.89. The molecule has 21 heavy (non-hydrogen) atoms. The lowest BCUT2D eigenvalue weighted by molar-refractivity contribution is 0.321. The molecule has 0 radical (unpaired) electrons. The molecule has 0 bridgehead atoms. The van der Waals surface area contributed by atoms with Crippen LogP contribution in [-0.4, -0.2) is 30.9 Å². The van der Waals surface area contributed by atoms with Crippen molar-refractivity contribution in [1.82, 2.24) is 0 Å². The molecule has 4 nitrogen and oxygen atoms in total. The Hall–Kier alpha value is -1.98. The molecule has 0 fully saturated rings. The second-order valence-electron chi connectivity index (χ2n) is 4.84. The normalized spacial score (nSPS) is 10.3. The molecule has 2 aromatic carbocycles. The number of rotatable bonds is 6. The van der Waals surface area contributed by atoms with E-state index in [4.69, 9.17) is 19.5 Å². The van der Waals surface area contributed by atoms with Gasteiger partial charge in [0, 0.05) is 6.42 Å². The highest BCUT2D eigenvalue weighted by atomic mass is 16.5. The van der Waals surface area contributed by atoms with Crippen LogP contribution in [0.3, 0.4) is 0 Å². The van der Waals surface area contributed by atoms with Crippen LogP contribution in [0.4, 0.5) is 0 Å². The van der Waals surface area contributed by atoms with E-state index < -0.39 is 7.12 Å². The number of benzene rings is 2. The molecule has 0 aliphatic carbocycles. The third-order valence-electron chi connectivity index (χ3n) is 3.34. The van der Waals surface area contributed by atoms with E-state index in [1.807, 2.05) is 37.3 Å². The van der Waals surface area contributed by atoms with Crippen molar-refractivity contribution in [3.63, 3.8) is 0 Å². The molecule has 2 aromatic rings. The largest absolute Gasteiger partial charge is 0.497 e. The zero-order valence-corrected chi connectivity index (χ0v) is 12.2. The monoisotopic (exact) mass is 286 g/mol. The summed E-state index contributed by atoms with van der Waals surface area (Å²) in [5.41, 5.74) is 2.47. The first-order valence-electron chi connectivity index (χ1n) is 6.82. The van der Waals surface area contributed by atoms with Crippen LogP contribution >= 0.6 is 0 Å². The molecule has 0 amide bonds. The van der Waals surface area contributed by atoms with Crippen LogP contribution in [-0.2, 0) is 6.42 Å². The van der Waals surface area contributed by atoms with Gasteiger partial charge in [0.1, 0.15) is 11.5 Å². The summed E-state index contributed by atoms with van der Waals surface area (Å²) in [6.45, 7) is 2.39. The van der Waals surface area contributed by atoms with Gasteiger partial charge in [-0.1, -0.05) is 18.2 Å². The van der Waals surface area contributed by atoms with Gasteiger partial charge in [-0.15, -0.1) is 0 Å². The number of hydrogen-bond donors (Lipinski definition) is 2. The molecule has 110 valence electrons. The highest BCUT2D eigenvalue weighted by Crippen LogP contribution is 2.14. The molecule has 0 saturated carbocycles. The minimum atomic E-state index is -1.45. The van der Waals surface area contributed by atoms with Gasteiger partial charge in [0.15, 0.2) is 0 Å². The highest BCUT2D eigenvalue weighted by Gasteiger charge is 2.13. The van der Waals surface area contributed by atoms with Crippen LogP contribution in [0.2, 0.25) is 0 Å². The quantitative estimate of drug-likeness (QED) is 0.786. The second kappa shape index (κ2) is 7.15. The van der Waals surface area contributed by atoms with Crippen molar-refractivity contribution in [3.05, 3.63) is 53.6 Å². The van der Waals surface area contributed by atoms with Crippen molar-refractivity contribution in [2.75, 3.05) is 13.7 Å². The zero-order chi connectivity index (χ0) is 15.2. The number of aryl methyl sites for hydroxylation is 1. The molecule has 0 atom stereocenters. The Bertz CT molecular complexity index is 581. The van der Waals surface area contributed by atoms with E-state index in [1.165, 1.54) is 5.56 Å². The molecule has 0 unspecified atom stereocenters. The van der Waals surface area contributed by atoms with Crippen LogP contribution in [0, 0.1) is 6.92 Å². The van der Waals surface area contributed by atoms with Crippen LogP contribution in [0.25, 0.3) is 0 Å². The fourth-order valence-electron chi connectivity index (χ4n) is 2.11. The summed E-state index contributed by atoms with van der Waals surface area (Å²) in [7, 11) is 0.200. The first-order chi connectivity index (χ1) is 10.1. The molecule has 0 aliphatic rings. The fourth-order valence-corrected chi connectivity index (χ4v) is 2.11. The first kappa shape index (κ1) is 15.4. The third-order valence-corrected chi connectivity index (χ3v) is 3.34. The number of hydrogen-bond acceptors (Lipinski definition) is 4. The van der Waals surface area contributed by atoms with Gasteiger partial charge in [-0.25, -0.2) is 0 Å². The predicted molar refractivity (Wildman–Crippen MR) is 83.2 cm³/mol. The lowest BCUT2D eigenvalue weighted by atomic mass is 9.77. The SMILES string of the molecule is COc1ccc(CCOc2ccc(B(O)O)c(C)c2)cc1. The smallest absolute Gasteiger partial charge is 0.488 e. The van der Waals surface area contributed by atoms with E-state index in [0.29, 0.717) is 12.1 Å². The summed E-state index contributed by atoms with van der Waals surface area (Å²) < 4.78 is 10.8. The molecule has 2 rings (SSSR count). The van der Waals surface area contributed by atoms with Crippen molar-refractivity contribution < 1.29 is 19.5 Å². The Morgan fingerprint density at radius 2 is 1.67 bits per heavy atom. The molecule has 2 N–H and O–H groups in total. The van der Waals surface area contributed by atoms with Gasteiger partial charge in [0.25, 0.3) is 0 Å². The Kier molecular flexibility index (Phi) is 5.25. The van der Waals surface area contributed by atoms with Crippen molar-refractivity contribution in [3.8, 4) is 11.5 Å². The summed E-state index contributed by atoms with van der Waals surface area (Å²) in [4.78, 5) is 0. The Morgan fingerprint density at radius 3 is 2.24 bits per heavy atom. The maximum absolute atomic E-state index is 9.17. The van der Waals surface area contributed by atoms with E-state index in [9.17, 15) is 0 Å². The standard InChI is InChI=1S/C16H19BO4/c1-12-11-15(7-8-16(12)17(18)19)21-10-9-13-3-5-14(20-2)6-4-13/h3-8,11,18-19H,9-10H2,1-2H3. The van der Waals surface area contributed by atoms with Crippen LogP contribution in [0.1, 0.15) is 11.1 Å². The second-order valence-corrected chi connectivity index (χ2v) is 4.84. The molecular weight excluding hydrogens is 267 g/mol. The van der Waals surface area contributed by atoms with Gasteiger partial charge < -0.3 is 19.5 Å². The van der Waals surface area contributed by atoms with Crippen LogP contribution in [0.5, 0.6) is 11.5 Å². The fraction of sp³-hybridized carbons (Fsp3) is 0.250. The maximum Gasteiger partial charge on any atom is 0.488 e. The third kappa shape index (κ3) is 4.24. The minimum absolute atomic E-state index is 0.498. The van der Waals surface area contributed by atoms with Gasteiger partial charge in [-0.05, 0) is 47.8 Å². The van der Waals surface area contributed by atoms with E-state index in [2.05, 4.69) is 0 Å². The number of methoxy groups -OCH3 is 1. The molecule has 5 heteroatoms. The molecule has 0 spiro atoms. The topological polar surface area (TPSA) is 58.9 Å². The maximum atomic E-state index is 9.17. The van der Waals surface area contributed by atoms with Gasteiger partial charge >= 0.3 is 7.12 Å². The van der Waals surface area contributed by atoms with Gasteiger partial charge in [-0.3, -0.25) is 0 Å². The Labute approximate surface area is 125 Å². The van der Waals surface area contributed by atoms with E-state index in [-0.39, 0.29) is 0 Å². The van der Waals surface area contributed by atoms with Crippen molar-refractivity contribution in [2.24, 2.45) is 0 Å². The van der Waals surface area contributed by atoms with Gasteiger partial charge in [-0.2, -0.15) is 0 Å². The minimum Gasteiger partial charge on any atom is -0.497 e. The first-order valence-corrected chi connectivity index (χ1v) is 6.82. The van der Waals surface area contributed by atoms with Crippen molar-refractivity contribution >= 4 is 12.6 Å². The lowest BCUT2D eigenvalue weighted by Crippen LogP contribution is -2.31. The molecule has 0 aromatic heterocycles. The van der Waals surface area contributed by atoms with E-state index >= 15 is 0 Å². The van der Waals surface area contributed by atoms with Crippen LogP contribution in [0.15, 0.2) is 42.5 Å². The van der Waals surface area contributed by atoms with E-state index in [1.54, 1.807) is 19.2 Å². The summed E-state index contributed by atoms with van der Waals surface area (Å²) >= 11 is 0. The van der Waals surface area contributed by atoms with Crippen molar-refractivity contribution in [2.45, 2.75) is 13.3 Å². The molecule has 0 saturated heterocycles. The average molecular weight is 286 g/mol. The van der Waals surface area contributed by atoms with Gasteiger partial charge in [0.2, 0.25) is 0 Å². The zero-order valence-electron chi connectivity index (χ0n) is 12.2. The summed E-state index contributed by atoms with van der Waals surface area (Å²) in [5.74, 6) is 1.57. The van der Waals surface area contributed by atoms with E-state index in [0.717, 1.165) is 23.5 Å². The average Bonchev–Trinajstić information content (AvgIpc) is 2.47. The predicted octanol–water partition coefficient (Wildman–Crippen LogP) is 1.30. The number of ether oxygens (including phenoxy) is 2. The summed E-state index contributed by atoms with van der Waals surface area (Å²) in [6, 6.07) is 13.1. The Morgan fingerprint density at radius 1 is 1.00 bits per heavy atom.